The number of benzene rings is 1. The molecule has 2 aliphatic rings. The van der Waals surface area contributed by atoms with Gasteiger partial charge in [-0.3, -0.25) is 9.59 Å². The van der Waals surface area contributed by atoms with Crippen molar-refractivity contribution in [2.75, 3.05) is 6.61 Å². The average Bonchev–Trinajstić information content (AvgIpc) is 2.57. The molecule has 0 unspecified atom stereocenters. The van der Waals surface area contributed by atoms with E-state index in [0.717, 1.165) is 0 Å². The van der Waals surface area contributed by atoms with Crippen LogP contribution in [0.3, 0.4) is 0 Å². The van der Waals surface area contributed by atoms with E-state index in [9.17, 15) is 24.9 Å². The first-order valence-electron chi connectivity index (χ1n) is 8.03. The van der Waals surface area contributed by atoms with E-state index < -0.39 is 87.8 Å². The van der Waals surface area contributed by atoms with Crippen molar-refractivity contribution in [1.82, 2.24) is 0 Å². The van der Waals surface area contributed by atoms with Crippen LogP contribution in [0.4, 0.5) is 0 Å². The molecule has 0 saturated heterocycles. The largest absolute Gasteiger partial charge is 0.507 e. The number of hydrogen-bond acceptors (Lipinski definition) is 5. The molecule has 0 fully saturated rings. The number of allylic oxidation sites excluding steroid dienone is 3. The number of Topliss-reactive ketones (excluding diaryl/α,β-unsaturated/α-hetero) is 1. The minimum Gasteiger partial charge on any atom is -0.507 e. The normalized spacial score (nSPS) is 21.9. The van der Waals surface area contributed by atoms with Gasteiger partial charge < -0.3 is 15.3 Å². The number of carbonyl (C=O) groups is 2. The van der Waals surface area contributed by atoms with E-state index in [1.165, 1.54) is 0 Å². The summed E-state index contributed by atoms with van der Waals surface area (Å²) < 4.78 is 38.7. The summed E-state index contributed by atoms with van der Waals surface area (Å²) in [5, 5.41) is 29.7. The number of ketones is 2. The van der Waals surface area contributed by atoms with Crippen molar-refractivity contribution in [1.29, 1.82) is 0 Å². The highest BCUT2D eigenvalue weighted by molar-refractivity contribution is 6.29. The van der Waals surface area contributed by atoms with Crippen LogP contribution in [0.2, 0.25) is 0 Å². The summed E-state index contributed by atoms with van der Waals surface area (Å²) in [6.45, 7) is -0.852. The van der Waals surface area contributed by atoms with E-state index in [-0.39, 0.29) is 0 Å². The van der Waals surface area contributed by atoms with Crippen molar-refractivity contribution in [2.24, 2.45) is 0 Å². The number of hydrogen-bond donors (Lipinski definition) is 3. The third-order valence-electron chi connectivity index (χ3n) is 2.96. The van der Waals surface area contributed by atoms with E-state index >= 15 is 0 Å². The van der Waals surface area contributed by atoms with Gasteiger partial charge in [0, 0.05) is 11.1 Å². The maximum Gasteiger partial charge on any atom is 0.194 e. The van der Waals surface area contributed by atoms with Crippen molar-refractivity contribution >= 4 is 17.3 Å². The van der Waals surface area contributed by atoms with Crippen LogP contribution in [0.5, 0.6) is 5.75 Å². The van der Waals surface area contributed by atoms with Gasteiger partial charge in [-0.2, -0.15) is 0 Å². The fourth-order valence-corrected chi connectivity index (χ4v) is 2.08. The SMILES string of the molecule is [2H]C1=C(CO)C([2H])=C2C(=O)c3c([2H])c([2H])c([2H])c(O)c3C(O)=C2C1=O. The van der Waals surface area contributed by atoms with Crippen LogP contribution in [-0.4, -0.2) is 33.5 Å². The summed E-state index contributed by atoms with van der Waals surface area (Å²) in [5.41, 5.74) is -2.97. The second-order valence-corrected chi connectivity index (χ2v) is 4.12. The summed E-state index contributed by atoms with van der Waals surface area (Å²) in [7, 11) is 0. The highest BCUT2D eigenvalue weighted by Crippen LogP contribution is 2.40. The lowest BCUT2D eigenvalue weighted by atomic mass is 9.80. The van der Waals surface area contributed by atoms with Gasteiger partial charge in [0.25, 0.3) is 0 Å². The summed E-state index contributed by atoms with van der Waals surface area (Å²) in [6, 6.07) is -3.72. The minimum atomic E-state index is -1.13. The Morgan fingerprint density at radius 3 is 2.60 bits per heavy atom. The molecule has 5 nitrogen and oxygen atoms in total. The Morgan fingerprint density at radius 2 is 1.90 bits per heavy atom. The maximum atomic E-state index is 12.7. The molecule has 3 rings (SSSR count). The molecular weight excluding hydrogens is 260 g/mol. The third-order valence-corrected chi connectivity index (χ3v) is 2.96. The van der Waals surface area contributed by atoms with E-state index in [1.54, 1.807) is 0 Å². The molecule has 0 aliphatic heterocycles. The van der Waals surface area contributed by atoms with Gasteiger partial charge in [0.1, 0.15) is 11.5 Å². The Labute approximate surface area is 120 Å². The maximum absolute atomic E-state index is 12.7. The summed E-state index contributed by atoms with van der Waals surface area (Å²) in [4.78, 5) is 25.1. The fraction of sp³-hybridized carbons (Fsp3) is 0.0667. The summed E-state index contributed by atoms with van der Waals surface area (Å²) in [5.74, 6) is -4.09. The zero-order valence-corrected chi connectivity index (χ0v) is 9.87. The van der Waals surface area contributed by atoms with Gasteiger partial charge in [-0.05, 0) is 23.7 Å². The molecular formula is C15H10O5. The molecule has 20 heavy (non-hydrogen) atoms. The van der Waals surface area contributed by atoms with Crippen molar-refractivity contribution in [2.45, 2.75) is 0 Å². The Hall–Kier alpha value is -2.66. The molecule has 3 N–H and O–H groups in total. The molecule has 1 aromatic rings. The van der Waals surface area contributed by atoms with Gasteiger partial charge in [0.2, 0.25) is 0 Å². The molecule has 0 bridgehead atoms. The van der Waals surface area contributed by atoms with Gasteiger partial charge in [-0.15, -0.1) is 0 Å². The predicted molar refractivity (Wildman–Crippen MR) is 70.2 cm³/mol. The third kappa shape index (κ3) is 1.53. The lowest BCUT2D eigenvalue weighted by Gasteiger charge is -2.23. The number of carbonyl (C=O) groups excluding carboxylic acids is 2. The van der Waals surface area contributed by atoms with Crippen molar-refractivity contribution in [3.8, 4) is 5.75 Å². The quantitative estimate of drug-likeness (QED) is 0.717. The van der Waals surface area contributed by atoms with Gasteiger partial charge in [0.15, 0.2) is 11.6 Å². The van der Waals surface area contributed by atoms with E-state index in [4.69, 9.17) is 6.85 Å². The van der Waals surface area contributed by atoms with Crippen LogP contribution in [0.1, 0.15) is 22.8 Å². The number of fused-ring (bicyclic) bond motifs is 2. The standard InChI is InChI=1S/C15H10O5/c16-6-7-4-9-13(11(18)5-7)15(20)12-8(14(9)19)2-1-3-10(12)17/h1-5,16-17,20H,6H2/i1D,2D,3D,4D,5D. The Bertz CT molecular complexity index is 987. The highest BCUT2D eigenvalue weighted by atomic mass is 16.3. The molecule has 0 saturated carbocycles. The number of aromatic hydroxyl groups is 1. The molecule has 0 radical (unpaired) electrons. The lowest BCUT2D eigenvalue weighted by Crippen LogP contribution is -2.23. The van der Waals surface area contributed by atoms with Crippen molar-refractivity contribution in [3.63, 3.8) is 0 Å². The van der Waals surface area contributed by atoms with Gasteiger partial charge in [-0.25, -0.2) is 0 Å². The van der Waals surface area contributed by atoms with Crippen LogP contribution < -0.4 is 0 Å². The molecule has 0 amide bonds. The number of phenols is 1. The summed E-state index contributed by atoms with van der Waals surface area (Å²) in [6.07, 6.45) is 0. The molecule has 0 heterocycles. The van der Waals surface area contributed by atoms with E-state index in [0.29, 0.717) is 0 Å². The Kier molecular flexibility index (Phi) is 1.63. The molecule has 0 atom stereocenters. The monoisotopic (exact) mass is 275 g/mol. The minimum absolute atomic E-state index is 0.410. The van der Waals surface area contributed by atoms with Crippen LogP contribution in [0.25, 0.3) is 5.76 Å². The van der Waals surface area contributed by atoms with Gasteiger partial charge >= 0.3 is 0 Å². The second kappa shape index (κ2) is 4.18. The zero-order chi connectivity index (χ0) is 18.8. The van der Waals surface area contributed by atoms with Crippen LogP contribution >= 0.6 is 0 Å². The first kappa shape index (κ1) is 7.81. The molecule has 0 spiro atoms. The van der Waals surface area contributed by atoms with E-state index in [1.807, 2.05) is 0 Å². The second-order valence-electron chi connectivity index (χ2n) is 4.12. The summed E-state index contributed by atoms with van der Waals surface area (Å²) >= 11 is 0. The first-order chi connectivity index (χ1) is 11.6. The zero-order valence-electron chi connectivity index (χ0n) is 14.9. The van der Waals surface area contributed by atoms with Crippen molar-refractivity contribution < 1.29 is 31.8 Å². The Morgan fingerprint density at radius 1 is 1.15 bits per heavy atom. The average molecular weight is 275 g/mol. The molecule has 100 valence electrons. The van der Waals surface area contributed by atoms with Gasteiger partial charge in [-0.1, -0.05) is 12.1 Å². The Balaban J connectivity index is 2.52. The lowest BCUT2D eigenvalue weighted by molar-refractivity contribution is -0.111. The number of rotatable bonds is 1. The number of aliphatic hydroxyl groups excluding tert-OH is 2. The van der Waals surface area contributed by atoms with Crippen LogP contribution in [0.15, 0.2) is 47.0 Å². The number of phenolic OH excluding ortho intramolecular Hbond substituents is 1. The predicted octanol–water partition coefficient (Wildman–Crippen LogP) is 1.29. The first-order valence-corrected chi connectivity index (χ1v) is 5.53. The highest BCUT2D eigenvalue weighted by Gasteiger charge is 2.36. The number of aliphatic hydroxyl groups is 2. The molecule has 0 aromatic heterocycles. The fourth-order valence-electron chi connectivity index (χ4n) is 2.08. The molecule has 1 aromatic carbocycles. The smallest absolute Gasteiger partial charge is 0.194 e. The van der Waals surface area contributed by atoms with Crippen molar-refractivity contribution in [3.05, 3.63) is 58.1 Å². The van der Waals surface area contributed by atoms with E-state index in [2.05, 4.69) is 0 Å². The van der Waals surface area contributed by atoms with Crippen LogP contribution in [0, 0.1) is 0 Å². The topological polar surface area (TPSA) is 94.8 Å². The molecule has 2 aliphatic carbocycles. The van der Waals surface area contributed by atoms with Gasteiger partial charge in [0.05, 0.1) is 24.6 Å². The molecule has 5 heteroatoms. The van der Waals surface area contributed by atoms with Crippen LogP contribution in [-0.2, 0) is 4.79 Å².